The second-order valence-corrected chi connectivity index (χ2v) is 8.09. The van der Waals surface area contributed by atoms with Crippen molar-refractivity contribution < 1.29 is 4.74 Å². The van der Waals surface area contributed by atoms with Crippen LogP contribution in [0.4, 0.5) is 0 Å². The van der Waals surface area contributed by atoms with Crippen molar-refractivity contribution in [1.82, 2.24) is 0 Å². The summed E-state index contributed by atoms with van der Waals surface area (Å²) in [6.07, 6.45) is 1.85. The summed E-state index contributed by atoms with van der Waals surface area (Å²) in [6.45, 7) is 15.6. The molecule has 128 valence electrons. The highest BCUT2D eigenvalue weighted by atomic mass is 35.5. The molecule has 3 heteroatoms. The third-order valence-electron chi connectivity index (χ3n) is 4.05. The topological polar surface area (TPSA) is 35.2 Å². The van der Waals surface area contributed by atoms with Crippen molar-refractivity contribution in [1.29, 1.82) is 0 Å². The summed E-state index contributed by atoms with van der Waals surface area (Å²) in [5.74, 6) is 1.01. The van der Waals surface area contributed by atoms with E-state index in [4.69, 9.17) is 10.5 Å². The minimum Gasteiger partial charge on any atom is -0.496 e. The van der Waals surface area contributed by atoms with Gasteiger partial charge in [-0.15, -0.1) is 12.4 Å². The van der Waals surface area contributed by atoms with Gasteiger partial charge in [0.25, 0.3) is 0 Å². The van der Waals surface area contributed by atoms with E-state index in [2.05, 4.69) is 60.6 Å². The first-order valence-electron chi connectivity index (χ1n) is 7.98. The second kappa shape index (κ2) is 7.70. The van der Waals surface area contributed by atoms with Gasteiger partial charge in [-0.1, -0.05) is 60.6 Å². The van der Waals surface area contributed by atoms with Crippen molar-refractivity contribution in [2.24, 2.45) is 5.73 Å². The van der Waals surface area contributed by atoms with Crippen LogP contribution in [-0.4, -0.2) is 13.2 Å². The van der Waals surface area contributed by atoms with Crippen LogP contribution in [0.15, 0.2) is 12.1 Å². The summed E-state index contributed by atoms with van der Waals surface area (Å²) >= 11 is 0. The second-order valence-electron chi connectivity index (χ2n) is 8.09. The Hall–Kier alpha value is -0.730. The predicted octanol–water partition coefficient (Wildman–Crippen LogP) is 4.99. The molecule has 0 bridgehead atoms. The fourth-order valence-electron chi connectivity index (χ4n) is 2.50. The molecule has 1 atom stereocenters. The Labute approximate surface area is 143 Å². The van der Waals surface area contributed by atoms with E-state index in [1.807, 2.05) is 0 Å². The number of halogens is 1. The van der Waals surface area contributed by atoms with Crippen molar-refractivity contribution in [2.45, 2.75) is 78.2 Å². The summed E-state index contributed by atoms with van der Waals surface area (Å²) in [4.78, 5) is 0. The maximum Gasteiger partial charge on any atom is 0.125 e. The molecule has 0 saturated heterocycles. The third kappa shape index (κ3) is 5.17. The van der Waals surface area contributed by atoms with Gasteiger partial charge in [-0.25, -0.2) is 0 Å². The van der Waals surface area contributed by atoms with Gasteiger partial charge in [0.2, 0.25) is 0 Å². The van der Waals surface area contributed by atoms with Crippen molar-refractivity contribution in [3.8, 4) is 5.75 Å². The molecular formula is C19H34ClNO. The van der Waals surface area contributed by atoms with Gasteiger partial charge in [0.1, 0.15) is 5.75 Å². The van der Waals surface area contributed by atoms with Crippen LogP contribution >= 0.6 is 12.4 Å². The first-order chi connectivity index (χ1) is 9.50. The minimum atomic E-state index is 0. The molecule has 0 aliphatic rings. The first-order valence-corrected chi connectivity index (χ1v) is 7.98. The molecule has 0 amide bonds. The number of hydrogen-bond donors (Lipinski definition) is 1. The normalized spacial score (nSPS) is 13.5. The van der Waals surface area contributed by atoms with Gasteiger partial charge in [-0.2, -0.15) is 0 Å². The molecule has 0 aromatic heterocycles. The molecule has 0 heterocycles. The van der Waals surface area contributed by atoms with Crippen LogP contribution in [0.5, 0.6) is 5.75 Å². The van der Waals surface area contributed by atoms with Gasteiger partial charge < -0.3 is 10.5 Å². The van der Waals surface area contributed by atoms with Gasteiger partial charge >= 0.3 is 0 Å². The van der Waals surface area contributed by atoms with E-state index < -0.39 is 0 Å². The van der Waals surface area contributed by atoms with E-state index in [1.165, 1.54) is 16.7 Å². The molecule has 0 saturated carbocycles. The number of benzene rings is 1. The average molecular weight is 328 g/mol. The van der Waals surface area contributed by atoms with Crippen molar-refractivity contribution in [3.63, 3.8) is 0 Å². The Kier molecular flexibility index (Phi) is 7.44. The van der Waals surface area contributed by atoms with E-state index in [9.17, 15) is 0 Å². The lowest BCUT2D eigenvalue weighted by molar-refractivity contribution is 0.389. The number of hydrogen-bond acceptors (Lipinski definition) is 2. The third-order valence-corrected chi connectivity index (χ3v) is 4.05. The Balaban J connectivity index is 0.00000441. The molecule has 0 fully saturated rings. The summed E-state index contributed by atoms with van der Waals surface area (Å²) in [5.41, 5.74) is 10.2. The number of methoxy groups -OCH3 is 1. The molecule has 0 aliphatic carbocycles. The van der Waals surface area contributed by atoms with Crippen molar-refractivity contribution >= 4 is 12.4 Å². The van der Waals surface area contributed by atoms with Crippen molar-refractivity contribution in [3.05, 3.63) is 28.8 Å². The molecule has 2 nitrogen and oxygen atoms in total. The Morgan fingerprint density at radius 2 is 1.59 bits per heavy atom. The van der Waals surface area contributed by atoms with Crippen LogP contribution in [0, 0.1) is 0 Å². The quantitative estimate of drug-likeness (QED) is 0.845. The molecule has 1 aromatic carbocycles. The predicted molar refractivity (Wildman–Crippen MR) is 99.6 cm³/mol. The molecule has 1 rings (SSSR count). The smallest absolute Gasteiger partial charge is 0.125 e. The molecule has 0 spiro atoms. The van der Waals surface area contributed by atoms with E-state index in [0.717, 1.165) is 18.6 Å². The fourth-order valence-corrected chi connectivity index (χ4v) is 2.50. The van der Waals surface area contributed by atoms with E-state index in [1.54, 1.807) is 7.11 Å². The zero-order chi connectivity index (χ0) is 16.4. The highest BCUT2D eigenvalue weighted by Crippen LogP contribution is 2.38. The van der Waals surface area contributed by atoms with Crippen LogP contribution in [-0.2, 0) is 17.3 Å². The first kappa shape index (κ1) is 21.3. The highest BCUT2D eigenvalue weighted by molar-refractivity contribution is 5.85. The van der Waals surface area contributed by atoms with Crippen LogP contribution in [0.3, 0.4) is 0 Å². The summed E-state index contributed by atoms with van der Waals surface area (Å²) in [7, 11) is 1.77. The lowest BCUT2D eigenvalue weighted by Crippen LogP contribution is -2.24. The zero-order valence-corrected chi connectivity index (χ0v) is 16.4. The summed E-state index contributed by atoms with van der Waals surface area (Å²) < 4.78 is 5.76. The summed E-state index contributed by atoms with van der Waals surface area (Å²) in [5, 5.41) is 0. The number of ether oxygens (including phenoxy) is 1. The molecule has 2 N–H and O–H groups in total. The number of nitrogens with two attached hydrogens (primary N) is 1. The lowest BCUT2D eigenvalue weighted by Gasteiger charge is -2.29. The Morgan fingerprint density at radius 3 is 1.95 bits per heavy atom. The van der Waals surface area contributed by atoms with Gasteiger partial charge in [0.15, 0.2) is 0 Å². The maximum atomic E-state index is 6.19. The lowest BCUT2D eigenvalue weighted by atomic mass is 9.78. The van der Waals surface area contributed by atoms with E-state index in [0.29, 0.717) is 0 Å². The van der Waals surface area contributed by atoms with Crippen molar-refractivity contribution in [2.75, 3.05) is 7.11 Å². The number of rotatable bonds is 4. The van der Waals surface area contributed by atoms with Crippen LogP contribution in [0.2, 0.25) is 0 Å². The highest BCUT2D eigenvalue weighted by Gasteiger charge is 2.26. The monoisotopic (exact) mass is 327 g/mol. The standard InChI is InChI=1S/C19H33NO.ClH/c1-9-15(20)11-13-10-14(18(2,3)4)12-16(17(13)21-8)19(5,6)7;/h10,12,15H,9,11,20H2,1-8H3;1H. The molecule has 1 aromatic rings. The SMILES string of the molecule is CCC(N)Cc1cc(C(C)(C)C)cc(C(C)(C)C)c1OC.Cl. The van der Waals surface area contributed by atoms with E-state index >= 15 is 0 Å². The van der Waals surface area contributed by atoms with Gasteiger partial charge in [0.05, 0.1) is 7.11 Å². The molecule has 22 heavy (non-hydrogen) atoms. The largest absolute Gasteiger partial charge is 0.496 e. The summed E-state index contributed by atoms with van der Waals surface area (Å²) in [6, 6.07) is 4.77. The minimum absolute atomic E-state index is 0. The molecule has 0 aliphatic heterocycles. The van der Waals surface area contributed by atoms with E-state index in [-0.39, 0.29) is 29.3 Å². The average Bonchev–Trinajstić information content (AvgIpc) is 2.35. The van der Waals surface area contributed by atoms with Crippen LogP contribution in [0.1, 0.15) is 71.6 Å². The van der Waals surface area contributed by atoms with Crippen LogP contribution < -0.4 is 10.5 Å². The van der Waals surface area contributed by atoms with Gasteiger partial charge in [0, 0.05) is 11.6 Å². The zero-order valence-electron chi connectivity index (χ0n) is 15.5. The molecule has 0 radical (unpaired) electrons. The molecular weight excluding hydrogens is 294 g/mol. The van der Waals surface area contributed by atoms with Gasteiger partial charge in [-0.3, -0.25) is 0 Å². The maximum absolute atomic E-state index is 6.19. The fraction of sp³-hybridized carbons (Fsp3) is 0.684. The van der Waals surface area contributed by atoms with Gasteiger partial charge in [-0.05, 0) is 34.8 Å². The molecule has 1 unspecified atom stereocenters. The Morgan fingerprint density at radius 1 is 1.05 bits per heavy atom. The Bertz CT molecular complexity index is 483. The van der Waals surface area contributed by atoms with Crippen LogP contribution in [0.25, 0.3) is 0 Å².